The zero-order valence-corrected chi connectivity index (χ0v) is 16.2. The van der Waals surface area contributed by atoms with Crippen molar-refractivity contribution in [2.45, 2.75) is 33.9 Å². The number of nitro groups is 1. The molecule has 10 nitrogen and oxygen atoms in total. The van der Waals surface area contributed by atoms with Gasteiger partial charge in [0.15, 0.2) is 0 Å². The zero-order valence-electron chi connectivity index (χ0n) is 16.2. The number of amides is 1. The Morgan fingerprint density at radius 2 is 1.93 bits per heavy atom. The number of benzene rings is 1. The molecule has 0 aliphatic carbocycles. The molecule has 1 aromatic carbocycles. The van der Waals surface area contributed by atoms with Gasteiger partial charge in [0.25, 0.3) is 0 Å². The van der Waals surface area contributed by atoms with Crippen LogP contribution in [0.15, 0.2) is 30.6 Å². The summed E-state index contributed by atoms with van der Waals surface area (Å²) in [6.45, 7) is 6.16. The molecular formula is C18H21N7O3. The molecule has 10 heteroatoms. The van der Waals surface area contributed by atoms with Gasteiger partial charge >= 0.3 is 5.95 Å². The fourth-order valence-electron chi connectivity index (χ4n) is 2.97. The third kappa shape index (κ3) is 3.75. The van der Waals surface area contributed by atoms with Gasteiger partial charge < -0.3 is 15.0 Å². The number of aromatic nitrogens is 5. The van der Waals surface area contributed by atoms with E-state index in [0.717, 1.165) is 32.9 Å². The molecule has 0 spiro atoms. The van der Waals surface area contributed by atoms with E-state index in [-0.39, 0.29) is 12.5 Å². The summed E-state index contributed by atoms with van der Waals surface area (Å²) in [7, 11) is 1.68. The maximum Gasteiger partial charge on any atom is 0.490 e. The number of likely N-dealkylation sites (N-methyl/N-ethyl adjacent to an activating group) is 1. The highest BCUT2D eigenvalue weighted by atomic mass is 16.6. The van der Waals surface area contributed by atoms with Gasteiger partial charge in [-0.1, -0.05) is 23.2 Å². The molecule has 0 bridgehead atoms. The molecule has 0 unspecified atom stereocenters. The van der Waals surface area contributed by atoms with Gasteiger partial charge in [-0.2, -0.15) is 9.78 Å². The van der Waals surface area contributed by atoms with E-state index in [4.69, 9.17) is 0 Å². The first-order valence-corrected chi connectivity index (χ1v) is 8.67. The topological polar surface area (TPSA) is 112 Å². The van der Waals surface area contributed by atoms with Crippen LogP contribution < -0.4 is 0 Å². The van der Waals surface area contributed by atoms with E-state index in [1.54, 1.807) is 11.9 Å². The Morgan fingerprint density at radius 3 is 2.57 bits per heavy atom. The number of para-hydroxylation sites is 1. The van der Waals surface area contributed by atoms with Gasteiger partial charge in [-0.3, -0.25) is 4.79 Å². The average molecular weight is 383 g/mol. The highest BCUT2D eigenvalue weighted by Gasteiger charge is 2.20. The van der Waals surface area contributed by atoms with E-state index in [0.29, 0.717) is 6.54 Å². The maximum atomic E-state index is 12.5. The Bertz CT molecular complexity index is 1040. The maximum absolute atomic E-state index is 12.5. The van der Waals surface area contributed by atoms with Crippen LogP contribution in [0, 0.1) is 30.9 Å². The number of aryl methyl sites for hydroxylation is 2. The predicted octanol–water partition coefficient (Wildman–Crippen LogP) is 1.96. The van der Waals surface area contributed by atoms with Gasteiger partial charge in [0.05, 0.1) is 11.4 Å². The Balaban J connectivity index is 1.76. The van der Waals surface area contributed by atoms with Crippen molar-refractivity contribution in [3.8, 4) is 5.69 Å². The smallest absolute Gasteiger partial charge is 0.390 e. The molecule has 0 radical (unpaired) electrons. The standard InChI is InChI=1S/C18H21N7O3/c1-12-7-5-6-8-16(12)24-14(3)15(13(2)20-24)9-22(4)17(26)10-23-11-19-18(21-23)25(27)28/h5-8,11H,9-10H2,1-4H3. The van der Waals surface area contributed by atoms with E-state index in [9.17, 15) is 14.9 Å². The van der Waals surface area contributed by atoms with Crippen molar-refractivity contribution in [1.82, 2.24) is 29.4 Å². The Hall–Kier alpha value is -3.56. The molecule has 0 N–H and O–H groups in total. The number of carbonyl (C=O) groups is 1. The summed E-state index contributed by atoms with van der Waals surface area (Å²) in [6, 6.07) is 7.97. The molecule has 0 fully saturated rings. The molecule has 0 aliphatic heterocycles. The van der Waals surface area contributed by atoms with E-state index in [1.165, 1.54) is 6.33 Å². The highest BCUT2D eigenvalue weighted by molar-refractivity contribution is 5.75. The summed E-state index contributed by atoms with van der Waals surface area (Å²) in [4.78, 5) is 27.6. The minimum absolute atomic E-state index is 0.124. The van der Waals surface area contributed by atoms with Crippen LogP contribution in [0.5, 0.6) is 0 Å². The lowest BCUT2D eigenvalue weighted by Crippen LogP contribution is -2.30. The Kier molecular flexibility index (Phi) is 5.21. The minimum atomic E-state index is -0.697. The molecule has 0 saturated carbocycles. The third-order valence-corrected chi connectivity index (χ3v) is 4.59. The van der Waals surface area contributed by atoms with Crippen molar-refractivity contribution in [1.29, 1.82) is 0 Å². The predicted molar refractivity (Wildman–Crippen MR) is 101 cm³/mol. The fraction of sp³-hybridized carbons (Fsp3) is 0.333. The second kappa shape index (κ2) is 7.59. The lowest BCUT2D eigenvalue weighted by Gasteiger charge is -2.17. The van der Waals surface area contributed by atoms with Crippen LogP contribution in [0.1, 0.15) is 22.5 Å². The van der Waals surface area contributed by atoms with E-state index in [2.05, 4.69) is 15.2 Å². The van der Waals surface area contributed by atoms with Crippen LogP contribution in [0.2, 0.25) is 0 Å². The van der Waals surface area contributed by atoms with Crippen molar-refractivity contribution < 1.29 is 9.72 Å². The number of rotatable bonds is 6. The summed E-state index contributed by atoms with van der Waals surface area (Å²) >= 11 is 0. The molecule has 2 aromatic heterocycles. The molecular weight excluding hydrogens is 362 g/mol. The molecule has 3 rings (SSSR count). The monoisotopic (exact) mass is 383 g/mol. The second-order valence-corrected chi connectivity index (χ2v) is 6.60. The molecule has 0 aliphatic rings. The van der Waals surface area contributed by atoms with Crippen molar-refractivity contribution in [3.05, 3.63) is 63.2 Å². The third-order valence-electron chi connectivity index (χ3n) is 4.59. The van der Waals surface area contributed by atoms with E-state index < -0.39 is 10.9 Å². The van der Waals surface area contributed by atoms with Crippen LogP contribution >= 0.6 is 0 Å². The first-order chi connectivity index (χ1) is 13.3. The fourth-order valence-corrected chi connectivity index (χ4v) is 2.97. The SMILES string of the molecule is Cc1ccccc1-n1nc(C)c(CN(C)C(=O)Cn2cnc([N+](=O)[O-])n2)c1C. The molecule has 1 amide bonds. The molecule has 2 heterocycles. The lowest BCUT2D eigenvalue weighted by molar-refractivity contribution is -0.394. The van der Waals surface area contributed by atoms with Crippen molar-refractivity contribution in [3.63, 3.8) is 0 Å². The molecule has 28 heavy (non-hydrogen) atoms. The Labute approximate surface area is 161 Å². The number of hydrogen-bond donors (Lipinski definition) is 0. The molecule has 0 saturated heterocycles. The van der Waals surface area contributed by atoms with Crippen LogP contribution in [-0.2, 0) is 17.9 Å². The molecule has 0 atom stereocenters. The van der Waals surface area contributed by atoms with Gasteiger partial charge in [0.2, 0.25) is 12.2 Å². The van der Waals surface area contributed by atoms with Crippen LogP contribution in [0.25, 0.3) is 5.69 Å². The van der Waals surface area contributed by atoms with Crippen molar-refractivity contribution in [2.24, 2.45) is 0 Å². The lowest BCUT2D eigenvalue weighted by atomic mass is 10.1. The van der Waals surface area contributed by atoms with Crippen molar-refractivity contribution >= 4 is 11.9 Å². The number of carbonyl (C=O) groups excluding carboxylic acids is 1. The van der Waals surface area contributed by atoms with Gasteiger partial charge in [-0.25, -0.2) is 4.68 Å². The normalized spacial score (nSPS) is 10.9. The summed E-state index contributed by atoms with van der Waals surface area (Å²) in [5.74, 6) is -0.760. The van der Waals surface area contributed by atoms with Crippen LogP contribution in [-0.4, -0.2) is 47.3 Å². The number of hydrogen-bond acceptors (Lipinski definition) is 6. The van der Waals surface area contributed by atoms with Crippen molar-refractivity contribution in [2.75, 3.05) is 7.05 Å². The van der Waals surface area contributed by atoms with Gasteiger partial charge in [-0.05, 0) is 37.3 Å². The van der Waals surface area contributed by atoms with Gasteiger partial charge in [0.1, 0.15) is 6.54 Å². The first kappa shape index (κ1) is 19.2. The molecule has 3 aromatic rings. The van der Waals surface area contributed by atoms with Crippen LogP contribution in [0.3, 0.4) is 0 Å². The van der Waals surface area contributed by atoms with E-state index >= 15 is 0 Å². The zero-order chi connectivity index (χ0) is 20.4. The van der Waals surface area contributed by atoms with Gasteiger partial charge in [-0.15, -0.1) is 0 Å². The summed E-state index contributed by atoms with van der Waals surface area (Å²) < 4.78 is 3.05. The summed E-state index contributed by atoms with van der Waals surface area (Å²) in [5, 5.41) is 19.0. The van der Waals surface area contributed by atoms with Crippen LogP contribution in [0.4, 0.5) is 5.95 Å². The summed E-state index contributed by atoms with van der Waals surface area (Å²) in [5.41, 5.74) is 4.87. The Morgan fingerprint density at radius 1 is 1.21 bits per heavy atom. The van der Waals surface area contributed by atoms with Gasteiger partial charge in [0, 0.05) is 29.9 Å². The van der Waals surface area contributed by atoms with E-state index in [1.807, 2.05) is 49.7 Å². The minimum Gasteiger partial charge on any atom is -0.390 e. The second-order valence-electron chi connectivity index (χ2n) is 6.60. The first-order valence-electron chi connectivity index (χ1n) is 8.67. The average Bonchev–Trinajstić information content (AvgIpc) is 3.22. The largest absolute Gasteiger partial charge is 0.490 e. The molecule has 146 valence electrons. The quantitative estimate of drug-likeness (QED) is 0.475. The summed E-state index contributed by atoms with van der Waals surface area (Å²) in [6.07, 6.45) is 1.18. The number of nitrogens with zero attached hydrogens (tertiary/aromatic N) is 7. The highest BCUT2D eigenvalue weighted by Crippen LogP contribution is 2.21.